The van der Waals surface area contributed by atoms with Gasteiger partial charge in [-0.1, -0.05) is 6.92 Å². The van der Waals surface area contributed by atoms with E-state index in [0.29, 0.717) is 5.82 Å². The third-order valence-electron chi connectivity index (χ3n) is 1.71. The van der Waals surface area contributed by atoms with Gasteiger partial charge in [-0.15, -0.1) is 0 Å². The van der Waals surface area contributed by atoms with Crippen molar-refractivity contribution < 1.29 is 4.39 Å². The lowest BCUT2D eigenvalue weighted by Crippen LogP contribution is -2.19. The molecule has 1 atom stereocenters. The van der Waals surface area contributed by atoms with E-state index in [4.69, 9.17) is 0 Å². The van der Waals surface area contributed by atoms with Crippen LogP contribution in [0.2, 0.25) is 0 Å². The molecule has 0 aromatic carbocycles. The zero-order chi connectivity index (χ0) is 10.4. The Hall–Kier alpha value is -0.770. The second kappa shape index (κ2) is 5.86. The summed E-state index contributed by atoms with van der Waals surface area (Å²) in [6.07, 6.45) is 1.59. The van der Waals surface area contributed by atoms with Crippen molar-refractivity contribution in [3.05, 3.63) is 24.1 Å². The Morgan fingerprint density at radius 2 is 2.43 bits per heavy atom. The molecular formula is C10H15FN2S. The van der Waals surface area contributed by atoms with E-state index < -0.39 is 0 Å². The summed E-state index contributed by atoms with van der Waals surface area (Å²) in [5.74, 6) is 2.10. The number of hydrogen-bond acceptors (Lipinski definition) is 3. The van der Waals surface area contributed by atoms with E-state index in [-0.39, 0.29) is 11.9 Å². The Balaban J connectivity index is 2.47. The number of thioether (sulfide) groups is 1. The number of anilines is 1. The van der Waals surface area contributed by atoms with E-state index in [1.54, 1.807) is 12.3 Å². The molecule has 1 unspecified atom stereocenters. The third kappa shape index (κ3) is 3.54. The lowest BCUT2D eigenvalue weighted by molar-refractivity contribution is 0.622. The van der Waals surface area contributed by atoms with Crippen LogP contribution in [0.15, 0.2) is 18.3 Å². The number of aromatic nitrogens is 1. The average molecular weight is 214 g/mol. The maximum Gasteiger partial charge on any atom is 0.165 e. The predicted octanol–water partition coefficient (Wildman–Crippen LogP) is 2.77. The highest BCUT2D eigenvalue weighted by Crippen LogP contribution is 2.11. The van der Waals surface area contributed by atoms with Gasteiger partial charge in [0.15, 0.2) is 11.6 Å². The van der Waals surface area contributed by atoms with Crippen molar-refractivity contribution in [2.45, 2.75) is 19.9 Å². The SMILES string of the molecule is CCSCC(C)Nc1ncccc1F. The van der Waals surface area contributed by atoms with Crippen molar-refractivity contribution in [1.82, 2.24) is 4.98 Å². The number of halogens is 1. The number of rotatable bonds is 5. The van der Waals surface area contributed by atoms with Crippen LogP contribution in [0, 0.1) is 5.82 Å². The van der Waals surface area contributed by atoms with Crippen LogP contribution in [0.5, 0.6) is 0 Å². The zero-order valence-electron chi connectivity index (χ0n) is 8.46. The van der Waals surface area contributed by atoms with E-state index in [0.717, 1.165) is 11.5 Å². The first-order valence-corrected chi connectivity index (χ1v) is 5.84. The molecule has 1 heterocycles. The van der Waals surface area contributed by atoms with Gasteiger partial charge in [0.05, 0.1) is 0 Å². The minimum absolute atomic E-state index is 0.240. The third-order valence-corrected chi connectivity index (χ3v) is 2.86. The van der Waals surface area contributed by atoms with Gasteiger partial charge in [0.2, 0.25) is 0 Å². The molecule has 0 radical (unpaired) electrons. The summed E-state index contributed by atoms with van der Waals surface area (Å²) in [5, 5.41) is 3.04. The van der Waals surface area contributed by atoms with Gasteiger partial charge in [0, 0.05) is 18.0 Å². The molecular weight excluding hydrogens is 199 g/mol. The first-order chi connectivity index (χ1) is 6.74. The summed E-state index contributed by atoms with van der Waals surface area (Å²) in [4.78, 5) is 3.93. The molecule has 4 heteroatoms. The first kappa shape index (κ1) is 11.3. The van der Waals surface area contributed by atoms with E-state index >= 15 is 0 Å². The lowest BCUT2D eigenvalue weighted by atomic mass is 10.3. The average Bonchev–Trinajstić information content (AvgIpc) is 2.18. The van der Waals surface area contributed by atoms with Crippen LogP contribution in [-0.2, 0) is 0 Å². The fraction of sp³-hybridized carbons (Fsp3) is 0.500. The standard InChI is InChI=1S/C10H15FN2S/c1-3-14-7-8(2)13-10-9(11)5-4-6-12-10/h4-6,8H,3,7H2,1-2H3,(H,12,13). The Labute approximate surface area is 88.3 Å². The second-order valence-corrected chi connectivity index (χ2v) is 4.36. The van der Waals surface area contributed by atoms with Crippen molar-refractivity contribution >= 4 is 17.6 Å². The lowest BCUT2D eigenvalue weighted by Gasteiger charge is -2.13. The Morgan fingerprint density at radius 1 is 1.64 bits per heavy atom. The molecule has 2 nitrogen and oxygen atoms in total. The van der Waals surface area contributed by atoms with Gasteiger partial charge < -0.3 is 5.32 Å². The number of pyridine rings is 1. The summed E-state index contributed by atoms with van der Waals surface area (Å²) < 4.78 is 13.1. The molecule has 0 aliphatic carbocycles. The second-order valence-electron chi connectivity index (χ2n) is 3.04. The van der Waals surface area contributed by atoms with Crippen LogP contribution in [0.4, 0.5) is 10.2 Å². The van der Waals surface area contributed by atoms with Crippen molar-refractivity contribution in [2.75, 3.05) is 16.8 Å². The quantitative estimate of drug-likeness (QED) is 0.815. The molecule has 1 aromatic heterocycles. The van der Waals surface area contributed by atoms with Crippen LogP contribution in [-0.4, -0.2) is 22.5 Å². The summed E-state index contributed by atoms with van der Waals surface area (Å²) in [6.45, 7) is 4.13. The molecule has 0 spiro atoms. The van der Waals surface area contributed by atoms with Gasteiger partial charge in [-0.25, -0.2) is 9.37 Å². The fourth-order valence-electron chi connectivity index (χ4n) is 1.06. The Kier molecular flexibility index (Phi) is 4.73. The highest BCUT2D eigenvalue weighted by atomic mass is 32.2. The van der Waals surface area contributed by atoms with Gasteiger partial charge in [0.25, 0.3) is 0 Å². The van der Waals surface area contributed by atoms with Crippen LogP contribution < -0.4 is 5.32 Å². The molecule has 0 aliphatic rings. The van der Waals surface area contributed by atoms with Crippen LogP contribution in [0.25, 0.3) is 0 Å². The van der Waals surface area contributed by atoms with Gasteiger partial charge in [0.1, 0.15) is 0 Å². The minimum atomic E-state index is -0.291. The van der Waals surface area contributed by atoms with Crippen molar-refractivity contribution in [3.8, 4) is 0 Å². The molecule has 0 saturated heterocycles. The first-order valence-electron chi connectivity index (χ1n) is 4.68. The number of nitrogens with zero attached hydrogens (tertiary/aromatic N) is 1. The van der Waals surface area contributed by atoms with Crippen LogP contribution in [0.3, 0.4) is 0 Å². The zero-order valence-corrected chi connectivity index (χ0v) is 9.27. The minimum Gasteiger partial charge on any atom is -0.364 e. The van der Waals surface area contributed by atoms with Gasteiger partial charge in [-0.3, -0.25) is 0 Å². The molecule has 1 aromatic rings. The molecule has 1 N–H and O–H groups in total. The monoisotopic (exact) mass is 214 g/mol. The number of hydrogen-bond donors (Lipinski definition) is 1. The highest BCUT2D eigenvalue weighted by Gasteiger charge is 2.06. The van der Waals surface area contributed by atoms with Crippen LogP contribution >= 0.6 is 11.8 Å². The number of nitrogens with one attached hydrogen (secondary N) is 1. The molecule has 0 bridgehead atoms. The van der Waals surface area contributed by atoms with Gasteiger partial charge in [-0.2, -0.15) is 11.8 Å². The topological polar surface area (TPSA) is 24.9 Å². The predicted molar refractivity (Wildman–Crippen MR) is 60.3 cm³/mol. The summed E-state index contributed by atoms with van der Waals surface area (Å²) in [6, 6.07) is 3.24. The maximum absolute atomic E-state index is 13.1. The molecule has 0 aliphatic heterocycles. The summed E-state index contributed by atoms with van der Waals surface area (Å²) in [5.41, 5.74) is 0. The maximum atomic E-state index is 13.1. The van der Waals surface area contributed by atoms with Crippen molar-refractivity contribution in [2.24, 2.45) is 0 Å². The molecule has 0 amide bonds. The normalized spacial score (nSPS) is 12.5. The molecule has 0 saturated carbocycles. The van der Waals surface area contributed by atoms with Gasteiger partial charge >= 0.3 is 0 Å². The smallest absolute Gasteiger partial charge is 0.165 e. The van der Waals surface area contributed by atoms with Gasteiger partial charge in [-0.05, 0) is 24.8 Å². The molecule has 14 heavy (non-hydrogen) atoms. The fourth-order valence-corrected chi connectivity index (χ4v) is 1.73. The van der Waals surface area contributed by atoms with E-state index in [1.165, 1.54) is 6.07 Å². The Bertz CT molecular complexity index is 281. The summed E-state index contributed by atoms with van der Waals surface area (Å²) >= 11 is 1.83. The molecule has 78 valence electrons. The molecule has 1 rings (SSSR count). The highest BCUT2D eigenvalue weighted by molar-refractivity contribution is 7.99. The summed E-state index contributed by atoms with van der Waals surface area (Å²) in [7, 11) is 0. The largest absolute Gasteiger partial charge is 0.364 e. The van der Waals surface area contributed by atoms with E-state index in [2.05, 4.69) is 17.2 Å². The van der Waals surface area contributed by atoms with E-state index in [9.17, 15) is 4.39 Å². The van der Waals surface area contributed by atoms with Crippen molar-refractivity contribution in [1.29, 1.82) is 0 Å². The van der Waals surface area contributed by atoms with E-state index in [1.807, 2.05) is 18.7 Å². The van der Waals surface area contributed by atoms with Crippen LogP contribution in [0.1, 0.15) is 13.8 Å². The molecule has 0 fully saturated rings. The Morgan fingerprint density at radius 3 is 3.07 bits per heavy atom. The van der Waals surface area contributed by atoms with Crippen molar-refractivity contribution in [3.63, 3.8) is 0 Å².